The maximum atomic E-state index is 12.6. The fourth-order valence-electron chi connectivity index (χ4n) is 3.79. The minimum absolute atomic E-state index is 0.109. The van der Waals surface area contributed by atoms with Gasteiger partial charge in [0.2, 0.25) is 5.91 Å². The Morgan fingerprint density at radius 3 is 2.44 bits per heavy atom. The third-order valence-corrected chi connectivity index (χ3v) is 7.61. The Hall–Kier alpha value is -2.98. The topological polar surface area (TPSA) is 118 Å². The molecule has 1 aromatic heterocycles. The predicted molar refractivity (Wildman–Crippen MR) is 119 cm³/mol. The lowest BCUT2D eigenvalue weighted by Crippen LogP contribution is -2.59. The molecular weight excluding hydrogens is 432 g/mol. The number of anilines is 1. The fraction of sp³-hybridized carbons (Fsp3) is 0.409. The van der Waals surface area contributed by atoms with Crippen LogP contribution in [-0.4, -0.2) is 55.0 Å². The van der Waals surface area contributed by atoms with Gasteiger partial charge >= 0.3 is 6.03 Å². The maximum absolute atomic E-state index is 12.6. The Morgan fingerprint density at radius 2 is 1.84 bits per heavy atom. The van der Waals surface area contributed by atoms with Gasteiger partial charge in [0.15, 0.2) is 9.84 Å². The summed E-state index contributed by atoms with van der Waals surface area (Å²) in [5.41, 5.74) is 2.92. The summed E-state index contributed by atoms with van der Waals surface area (Å²) in [6.45, 7) is 3.19. The molecule has 3 amide bonds. The van der Waals surface area contributed by atoms with E-state index in [9.17, 15) is 18.0 Å². The van der Waals surface area contributed by atoms with Gasteiger partial charge in [-0.2, -0.15) is 0 Å². The molecule has 0 saturated carbocycles. The summed E-state index contributed by atoms with van der Waals surface area (Å²) in [7, 11) is -3.29. The molecule has 0 spiro atoms. The lowest BCUT2D eigenvalue weighted by atomic mass is 9.87. The number of urea groups is 1. The van der Waals surface area contributed by atoms with Crippen molar-refractivity contribution in [3.05, 3.63) is 59.4 Å². The molecule has 1 fully saturated rings. The van der Waals surface area contributed by atoms with Crippen molar-refractivity contribution in [2.45, 2.75) is 37.2 Å². The van der Waals surface area contributed by atoms with Gasteiger partial charge in [-0.05, 0) is 41.8 Å². The number of fused-ring (bicyclic) bond motifs is 1. The molecule has 1 unspecified atom stereocenters. The first kappa shape index (κ1) is 22.2. The van der Waals surface area contributed by atoms with Gasteiger partial charge in [0.25, 0.3) is 0 Å². The first-order chi connectivity index (χ1) is 15.2. The minimum atomic E-state index is -3.29. The number of rotatable bonds is 6. The van der Waals surface area contributed by atoms with Crippen LogP contribution >= 0.6 is 0 Å². The summed E-state index contributed by atoms with van der Waals surface area (Å²) in [5, 5.41) is 5.07. The molecule has 32 heavy (non-hydrogen) atoms. The molecule has 4 rings (SSSR count). The molecule has 0 radical (unpaired) electrons. The SMILES string of the molecule is CC(CC(=O)NC1(c2ccc(NC(=O)N3Cc4ccncc4C3)cc2)COC1)S(C)(=O)=O. The monoisotopic (exact) mass is 458 g/mol. The van der Waals surface area contributed by atoms with E-state index in [2.05, 4.69) is 15.6 Å². The summed E-state index contributed by atoms with van der Waals surface area (Å²) < 4.78 is 28.6. The van der Waals surface area contributed by atoms with Crippen LogP contribution in [0.4, 0.5) is 10.5 Å². The zero-order chi connectivity index (χ0) is 22.9. The third-order valence-electron chi connectivity index (χ3n) is 5.98. The van der Waals surface area contributed by atoms with Crippen molar-refractivity contribution in [3.8, 4) is 0 Å². The number of carbonyl (C=O) groups excluding carboxylic acids is 2. The first-order valence-corrected chi connectivity index (χ1v) is 12.3. The van der Waals surface area contributed by atoms with E-state index in [4.69, 9.17) is 4.74 Å². The molecule has 1 saturated heterocycles. The molecule has 1 aromatic carbocycles. The van der Waals surface area contributed by atoms with Crippen LogP contribution < -0.4 is 10.6 Å². The first-order valence-electron chi connectivity index (χ1n) is 10.3. The van der Waals surface area contributed by atoms with Crippen molar-refractivity contribution >= 4 is 27.5 Å². The number of aromatic nitrogens is 1. The number of nitrogens with zero attached hydrogens (tertiary/aromatic N) is 2. The normalized spacial score (nSPS) is 17.8. The van der Waals surface area contributed by atoms with Crippen molar-refractivity contribution in [1.82, 2.24) is 15.2 Å². The molecular formula is C22H26N4O5S. The number of carbonyl (C=O) groups is 2. The van der Waals surface area contributed by atoms with E-state index < -0.39 is 20.6 Å². The highest BCUT2D eigenvalue weighted by Crippen LogP contribution is 2.31. The van der Waals surface area contributed by atoms with Crippen LogP contribution in [0, 0.1) is 0 Å². The van der Waals surface area contributed by atoms with Crippen molar-refractivity contribution in [3.63, 3.8) is 0 Å². The average molecular weight is 459 g/mol. The van der Waals surface area contributed by atoms with E-state index in [-0.39, 0.29) is 18.4 Å². The number of nitrogens with one attached hydrogen (secondary N) is 2. The Bertz CT molecular complexity index is 1100. The van der Waals surface area contributed by atoms with Crippen molar-refractivity contribution in [1.29, 1.82) is 0 Å². The van der Waals surface area contributed by atoms with Gasteiger partial charge in [-0.3, -0.25) is 9.78 Å². The molecule has 10 heteroatoms. The second-order valence-electron chi connectivity index (χ2n) is 8.48. The molecule has 2 aliphatic heterocycles. The van der Waals surface area contributed by atoms with Gasteiger partial charge in [-0.25, -0.2) is 13.2 Å². The number of hydrogen-bond donors (Lipinski definition) is 2. The number of sulfone groups is 1. The van der Waals surface area contributed by atoms with Gasteiger partial charge in [-0.1, -0.05) is 12.1 Å². The van der Waals surface area contributed by atoms with Crippen LogP contribution in [0.5, 0.6) is 0 Å². The molecule has 2 N–H and O–H groups in total. The van der Waals surface area contributed by atoms with Crippen LogP contribution in [-0.2, 0) is 38.0 Å². The second kappa shape index (κ2) is 8.51. The maximum Gasteiger partial charge on any atom is 0.322 e. The van der Waals surface area contributed by atoms with E-state index in [0.717, 1.165) is 22.9 Å². The number of hydrogen-bond acceptors (Lipinski definition) is 6. The van der Waals surface area contributed by atoms with E-state index in [1.54, 1.807) is 29.4 Å². The van der Waals surface area contributed by atoms with E-state index in [1.807, 2.05) is 18.2 Å². The van der Waals surface area contributed by atoms with Gasteiger partial charge < -0.3 is 20.3 Å². The van der Waals surface area contributed by atoms with Gasteiger partial charge in [0.1, 0.15) is 5.54 Å². The molecule has 2 aliphatic rings. The van der Waals surface area contributed by atoms with Crippen LogP contribution in [0.15, 0.2) is 42.7 Å². The molecule has 170 valence electrons. The fourth-order valence-corrected chi connectivity index (χ4v) is 4.24. The Morgan fingerprint density at radius 1 is 1.16 bits per heavy atom. The Balaban J connectivity index is 1.38. The quantitative estimate of drug-likeness (QED) is 0.682. The summed E-state index contributed by atoms with van der Waals surface area (Å²) in [4.78, 5) is 30.9. The zero-order valence-electron chi connectivity index (χ0n) is 18.0. The van der Waals surface area contributed by atoms with E-state index in [0.29, 0.717) is 32.0 Å². The molecule has 9 nitrogen and oxygen atoms in total. The van der Waals surface area contributed by atoms with E-state index in [1.165, 1.54) is 6.92 Å². The molecule has 2 aromatic rings. The van der Waals surface area contributed by atoms with Gasteiger partial charge in [0.05, 0.1) is 18.5 Å². The standard InChI is InChI=1S/C22H26N4O5S/c1-15(32(2,29)30)9-20(27)25-22(13-31-14-22)18-3-5-19(6-4-18)24-21(28)26-11-16-7-8-23-10-17(16)12-26/h3-8,10,15H,9,11-14H2,1-2H3,(H,24,28)(H,25,27). The van der Waals surface area contributed by atoms with Crippen molar-refractivity contribution in [2.75, 3.05) is 24.8 Å². The largest absolute Gasteiger partial charge is 0.376 e. The Labute approximate surface area is 187 Å². The summed E-state index contributed by atoms with van der Waals surface area (Å²) >= 11 is 0. The molecule has 3 heterocycles. The van der Waals surface area contributed by atoms with Crippen LogP contribution in [0.3, 0.4) is 0 Å². The zero-order valence-corrected chi connectivity index (χ0v) is 18.8. The number of ether oxygens (including phenoxy) is 1. The highest BCUT2D eigenvalue weighted by atomic mass is 32.2. The minimum Gasteiger partial charge on any atom is -0.376 e. The number of pyridine rings is 1. The third kappa shape index (κ3) is 4.61. The lowest BCUT2D eigenvalue weighted by Gasteiger charge is -2.42. The average Bonchev–Trinajstić information content (AvgIpc) is 3.15. The van der Waals surface area contributed by atoms with Crippen molar-refractivity contribution in [2.24, 2.45) is 0 Å². The highest BCUT2D eigenvalue weighted by Gasteiger charge is 2.42. The molecule has 1 atom stereocenters. The van der Waals surface area contributed by atoms with Gasteiger partial charge in [0, 0.05) is 43.8 Å². The molecule has 0 bridgehead atoms. The van der Waals surface area contributed by atoms with Crippen LogP contribution in [0.1, 0.15) is 30.0 Å². The predicted octanol–water partition coefficient (Wildman–Crippen LogP) is 1.79. The second-order valence-corrected chi connectivity index (χ2v) is 10.9. The smallest absolute Gasteiger partial charge is 0.322 e. The summed E-state index contributed by atoms with van der Waals surface area (Å²) in [6.07, 6.45) is 4.52. The Kier molecular flexibility index (Phi) is 5.91. The summed E-state index contributed by atoms with van der Waals surface area (Å²) in [5.74, 6) is -0.341. The summed E-state index contributed by atoms with van der Waals surface area (Å²) in [6, 6.07) is 8.95. The number of amides is 3. The van der Waals surface area contributed by atoms with Gasteiger partial charge in [-0.15, -0.1) is 0 Å². The highest BCUT2D eigenvalue weighted by molar-refractivity contribution is 7.91. The lowest BCUT2D eigenvalue weighted by molar-refractivity contribution is -0.133. The molecule has 0 aliphatic carbocycles. The van der Waals surface area contributed by atoms with Crippen LogP contribution in [0.2, 0.25) is 0 Å². The number of benzene rings is 1. The van der Waals surface area contributed by atoms with Crippen LogP contribution in [0.25, 0.3) is 0 Å². The van der Waals surface area contributed by atoms with Crippen molar-refractivity contribution < 1.29 is 22.7 Å². The van der Waals surface area contributed by atoms with E-state index >= 15 is 0 Å².